The Morgan fingerprint density at radius 1 is 1.17 bits per heavy atom. The van der Waals surface area contributed by atoms with Crippen LogP contribution in [-0.2, 0) is 0 Å². The number of rotatable bonds is 3. The fraction of sp³-hybridized carbons (Fsp3) is 0.267. The summed E-state index contributed by atoms with van der Waals surface area (Å²) < 4.78 is 5.31. The molecule has 3 heteroatoms. The first-order chi connectivity index (χ1) is 8.58. The Kier molecular flexibility index (Phi) is 3.51. The van der Waals surface area contributed by atoms with Crippen molar-refractivity contribution in [1.29, 1.82) is 0 Å². The van der Waals surface area contributed by atoms with Gasteiger partial charge in [0.05, 0.1) is 0 Å². The second kappa shape index (κ2) is 5.08. The minimum atomic E-state index is -0.212. The van der Waals surface area contributed by atoms with E-state index in [4.69, 9.17) is 4.42 Å². The number of furan rings is 1. The second-order valence-electron chi connectivity index (χ2n) is 4.61. The Morgan fingerprint density at radius 2 is 1.89 bits per heavy atom. The molecule has 0 atom stereocenters. The Morgan fingerprint density at radius 3 is 2.50 bits per heavy atom. The zero-order valence-electron chi connectivity index (χ0n) is 10.9. The summed E-state index contributed by atoms with van der Waals surface area (Å²) in [5.41, 5.74) is 1.96. The standard InChI is InChI=1S/C15H17NO2/c1-10(2)12-6-4-5-7-13(12)16-15(17)14-9-8-11(3)18-14/h4-10H,1-3H3,(H,16,17). The summed E-state index contributed by atoms with van der Waals surface area (Å²) in [4.78, 5) is 12.0. The lowest BCUT2D eigenvalue weighted by atomic mass is 10.0. The predicted molar refractivity (Wildman–Crippen MR) is 71.9 cm³/mol. The number of aryl methyl sites for hydroxylation is 1. The van der Waals surface area contributed by atoms with Crippen LogP contribution >= 0.6 is 0 Å². The molecular weight excluding hydrogens is 226 g/mol. The van der Waals surface area contributed by atoms with Crippen molar-refractivity contribution in [2.45, 2.75) is 26.7 Å². The summed E-state index contributed by atoms with van der Waals surface area (Å²) in [6.45, 7) is 6.02. The Hall–Kier alpha value is -2.03. The van der Waals surface area contributed by atoms with E-state index in [2.05, 4.69) is 19.2 Å². The molecule has 2 aromatic rings. The molecule has 2 rings (SSSR count). The highest BCUT2D eigenvalue weighted by molar-refractivity contribution is 6.02. The van der Waals surface area contributed by atoms with Gasteiger partial charge in [0, 0.05) is 5.69 Å². The molecule has 0 saturated carbocycles. The molecule has 0 unspecified atom stereocenters. The smallest absolute Gasteiger partial charge is 0.291 e. The molecule has 1 N–H and O–H groups in total. The van der Waals surface area contributed by atoms with E-state index in [1.54, 1.807) is 12.1 Å². The predicted octanol–water partition coefficient (Wildman–Crippen LogP) is 3.96. The van der Waals surface area contributed by atoms with Gasteiger partial charge < -0.3 is 9.73 Å². The van der Waals surface area contributed by atoms with Crippen LogP contribution in [0.3, 0.4) is 0 Å². The van der Waals surface area contributed by atoms with E-state index in [1.807, 2.05) is 31.2 Å². The lowest BCUT2D eigenvalue weighted by Gasteiger charge is -2.12. The van der Waals surface area contributed by atoms with Crippen LogP contribution in [0.25, 0.3) is 0 Å². The van der Waals surface area contributed by atoms with Gasteiger partial charge in [0.2, 0.25) is 0 Å². The molecule has 0 fully saturated rings. The largest absolute Gasteiger partial charge is 0.456 e. The molecule has 0 aliphatic heterocycles. The van der Waals surface area contributed by atoms with Crippen LogP contribution in [0.15, 0.2) is 40.8 Å². The number of benzene rings is 1. The molecule has 0 aliphatic carbocycles. The maximum Gasteiger partial charge on any atom is 0.291 e. The van der Waals surface area contributed by atoms with E-state index in [-0.39, 0.29) is 5.91 Å². The maximum absolute atomic E-state index is 12.0. The minimum absolute atomic E-state index is 0.212. The van der Waals surface area contributed by atoms with E-state index in [9.17, 15) is 4.79 Å². The Bertz CT molecular complexity index is 555. The normalized spacial score (nSPS) is 10.7. The van der Waals surface area contributed by atoms with Gasteiger partial charge in [0.1, 0.15) is 5.76 Å². The number of hydrogen-bond acceptors (Lipinski definition) is 2. The van der Waals surface area contributed by atoms with Gasteiger partial charge in [-0.2, -0.15) is 0 Å². The molecule has 0 aliphatic rings. The molecule has 0 bridgehead atoms. The first kappa shape index (κ1) is 12.4. The van der Waals surface area contributed by atoms with Crippen molar-refractivity contribution in [3.05, 3.63) is 53.5 Å². The van der Waals surface area contributed by atoms with Gasteiger partial charge in [-0.1, -0.05) is 32.0 Å². The monoisotopic (exact) mass is 243 g/mol. The summed E-state index contributed by atoms with van der Waals surface area (Å²) in [6.07, 6.45) is 0. The van der Waals surface area contributed by atoms with E-state index in [1.165, 1.54) is 0 Å². The van der Waals surface area contributed by atoms with Gasteiger partial charge in [-0.25, -0.2) is 0 Å². The summed E-state index contributed by atoms with van der Waals surface area (Å²) >= 11 is 0. The number of anilines is 1. The van der Waals surface area contributed by atoms with Gasteiger partial charge in [-0.3, -0.25) is 4.79 Å². The second-order valence-corrected chi connectivity index (χ2v) is 4.61. The van der Waals surface area contributed by atoms with Gasteiger partial charge in [-0.15, -0.1) is 0 Å². The molecule has 0 radical (unpaired) electrons. The summed E-state index contributed by atoms with van der Waals surface area (Å²) in [5.74, 6) is 1.22. The fourth-order valence-electron chi connectivity index (χ4n) is 1.85. The minimum Gasteiger partial charge on any atom is -0.456 e. The molecule has 0 saturated heterocycles. The number of carbonyl (C=O) groups excluding carboxylic acids is 1. The molecule has 1 aromatic heterocycles. The fourth-order valence-corrected chi connectivity index (χ4v) is 1.85. The van der Waals surface area contributed by atoms with Gasteiger partial charge in [0.25, 0.3) is 5.91 Å². The number of carbonyl (C=O) groups is 1. The lowest BCUT2D eigenvalue weighted by molar-refractivity contribution is 0.0995. The van der Waals surface area contributed by atoms with Crippen molar-refractivity contribution in [1.82, 2.24) is 0 Å². The van der Waals surface area contributed by atoms with E-state index < -0.39 is 0 Å². The number of para-hydroxylation sites is 1. The highest BCUT2D eigenvalue weighted by Crippen LogP contribution is 2.24. The van der Waals surface area contributed by atoms with Crippen molar-refractivity contribution in [3.63, 3.8) is 0 Å². The van der Waals surface area contributed by atoms with Gasteiger partial charge >= 0.3 is 0 Å². The van der Waals surface area contributed by atoms with Crippen molar-refractivity contribution in [2.24, 2.45) is 0 Å². The molecule has 1 amide bonds. The zero-order valence-corrected chi connectivity index (χ0v) is 10.9. The quantitative estimate of drug-likeness (QED) is 0.886. The topological polar surface area (TPSA) is 42.2 Å². The lowest BCUT2D eigenvalue weighted by Crippen LogP contribution is -2.12. The molecule has 94 valence electrons. The van der Waals surface area contributed by atoms with E-state index >= 15 is 0 Å². The van der Waals surface area contributed by atoms with Crippen LogP contribution in [0.4, 0.5) is 5.69 Å². The third-order valence-corrected chi connectivity index (χ3v) is 2.80. The highest BCUT2D eigenvalue weighted by Gasteiger charge is 2.13. The van der Waals surface area contributed by atoms with E-state index in [0.29, 0.717) is 11.7 Å². The van der Waals surface area contributed by atoms with Gasteiger partial charge in [-0.05, 0) is 36.6 Å². The van der Waals surface area contributed by atoms with Crippen LogP contribution in [0.1, 0.15) is 41.6 Å². The summed E-state index contributed by atoms with van der Waals surface area (Å²) in [7, 11) is 0. The molecular formula is C15H17NO2. The van der Waals surface area contributed by atoms with Crippen LogP contribution in [-0.4, -0.2) is 5.91 Å². The van der Waals surface area contributed by atoms with Crippen LogP contribution < -0.4 is 5.32 Å². The van der Waals surface area contributed by atoms with Crippen molar-refractivity contribution in [2.75, 3.05) is 5.32 Å². The van der Waals surface area contributed by atoms with Crippen LogP contribution in [0.5, 0.6) is 0 Å². The van der Waals surface area contributed by atoms with Crippen LogP contribution in [0, 0.1) is 6.92 Å². The average molecular weight is 243 g/mol. The Labute approximate surface area is 107 Å². The third kappa shape index (κ3) is 2.62. The van der Waals surface area contributed by atoms with Crippen molar-refractivity contribution >= 4 is 11.6 Å². The SMILES string of the molecule is Cc1ccc(C(=O)Nc2ccccc2C(C)C)o1. The first-order valence-electron chi connectivity index (χ1n) is 6.04. The first-order valence-corrected chi connectivity index (χ1v) is 6.04. The number of hydrogen-bond donors (Lipinski definition) is 1. The van der Waals surface area contributed by atoms with Crippen LogP contribution in [0.2, 0.25) is 0 Å². The molecule has 0 spiro atoms. The summed E-state index contributed by atoms with van der Waals surface area (Å²) in [6, 6.07) is 11.3. The third-order valence-electron chi connectivity index (χ3n) is 2.80. The number of amides is 1. The molecule has 3 nitrogen and oxygen atoms in total. The van der Waals surface area contributed by atoms with Gasteiger partial charge in [0.15, 0.2) is 5.76 Å². The molecule has 1 aromatic carbocycles. The summed E-state index contributed by atoms with van der Waals surface area (Å²) in [5, 5.41) is 2.89. The number of nitrogens with one attached hydrogen (secondary N) is 1. The molecule has 18 heavy (non-hydrogen) atoms. The van der Waals surface area contributed by atoms with Crippen molar-refractivity contribution in [3.8, 4) is 0 Å². The maximum atomic E-state index is 12.0. The van der Waals surface area contributed by atoms with E-state index in [0.717, 1.165) is 17.0 Å². The average Bonchev–Trinajstić information content (AvgIpc) is 2.76. The highest BCUT2D eigenvalue weighted by atomic mass is 16.3. The van der Waals surface area contributed by atoms with Crippen molar-refractivity contribution < 1.29 is 9.21 Å². The zero-order chi connectivity index (χ0) is 13.1. The molecule has 1 heterocycles. The Balaban J connectivity index is 2.22.